The molecular weight excluding hydrogens is 554 g/mol. The lowest BCUT2D eigenvalue weighted by atomic mass is 10.1. The van der Waals surface area contributed by atoms with Gasteiger partial charge in [-0.2, -0.15) is 0 Å². The Hall–Kier alpha value is -4.05. The molecule has 42 heavy (non-hydrogen) atoms. The number of nitrogens with one attached hydrogen (secondary N) is 1. The summed E-state index contributed by atoms with van der Waals surface area (Å²) < 4.78 is 40.2. The molecule has 0 radical (unpaired) electrons. The second-order valence-corrected chi connectivity index (χ2v) is 12.6. The van der Waals surface area contributed by atoms with Crippen molar-refractivity contribution in [1.82, 2.24) is 10.2 Å². The molecule has 3 rings (SSSR count). The van der Waals surface area contributed by atoms with Crippen LogP contribution in [0.15, 0.2) is 71.6 Å². The number of hydrogen-bond acceptors (Lipinski definition) is 6. The first kappa shape index (κ1) is 32.5. The molecule has 2 amide bonds. The van der Waals surface area contributed by atoms with Crippen molar-refractivity contribution in [2.24, 2.45) is 5.92 Å². The number of ether oxygens (including phenoxy) is 2. The molecule has 3 aromatic rings. The van der Waals surface area contributed by atoms with Crippen molar-refractivity contribution in [1.29, 1.82) is 0 Å². The van der Waals surface area contributed by atoms with E-state index in [1.165, 1.54) is 37.3 Å². The lowest BCUT2D eigenvalue weighted by Crippen LogP contribution is -2.51. The molecule has 0 aliphatic carbocycles. The zero-order chi connectivity index (χ0) is 31.0. The average Bonchev–Trinajstić information content (AvgIpc) is 2.96. The van der Waals surface area contributed by atoms with E-state index in [1.54, 1.807) is 31.2 Å². The minimum atomic E-state index is -4.25. The highest BCUT2D eigenvalue weighted by molar-refractivity contribution is 7.92. The lowest BCUT2D eigenvalue weighted by molar-refractivity contribution is -0.139. The second-order valence-electron chi connectivity index (χ2n) is 10.7. The molecule has 10 heteroatoms. The van der Waals surface area contributed by atoms with Gasteiger partial charge in [0, 0.05) is 19.2 Å². The van der Waals surface area contributed by atoms with E-state index in [-0.39, 0.29) is 34.7 Å². The van der Waals surface area contributed by atoms with Crippen LogP contribution in [0.3, 0.4) is 0 Å². The van der Waals surface area contributed by atoms with Gasteiger partial charge in [0.2, 0.25) is 11.8 Å². The highest BCUT2D eigenvalue weighted by atomic mass is 32.2. The second kappa shape index (κ2) is 14.2. The fourth-order valence-corrected chi connectivity index (χ4v) is 5.80. The predicted octanol–water partition coefficient (Wildman–Crippen LogP) is 4.71. The zero-order valence-electron chi connectivity index (χ0n) is 25.4. The van der Waals surface area contributed by atoms with Crippen molar-refractivity contribution in [2.75, 3.05) is 31.6 Å². The molecule has 0 bridgehead atoms. The Morgan fingerprint density at radius 2 is 1.57 bits per heavy atom. The number of nitrogens with zero attached hydrogens (tertiary/aromatic N) is 2. The van der Waals surface area contributed by atoms with E-state index in [9.17, 15) is 18.0 Å². The van der Waals surface area contributed by atoms with Crippen molar-refractivity contribution in [3.63, 3.8) is 0 Å². The van der Waals surface area contributed by atoms with Crippen molar-refractivity contribution in [2.45, 2.75) is 52.1 Å². The lowest BCUT2D eigenvalue weighted by Gasteiger charge is -2.32. The maximum atomic E-state index is 14.2. The Bertz CT molecular complexity index is 1490. The molecule has 226 valence electrons. The Balaban J connectivity index is 2.11. The SMILES string of the molecule is COc1ccc(OC)c(N(CC(=O)N(Cc2cccc(C)c2)[C@@H](C)C(=O)NCC(C)C)S(=O)(=O)c2ccc(C)cc2)c1. The monoisotopic (exact) mass is 595 g/mol. The summed E-state index contributed by atoms with van der Waals surface area (Å²) in [6.07, 6.45) is 0. The van der Waals surface area contributed by atoms with Crippen LogP contribution in [0.25, 0.3) is 0 Å². The molecule has 0 spiro atoms. The van der Waals surface area contributed by atoms with Crippen molar-refractivity contribution in [3.05, 3.63) is 83.4 Å². The third-order valence-corrected chi connectivity index (χ3v) is 8.60. The Kier molecular flexibility index (Phi) is 11.0. The number of sulfonamides is 1. The summed E-state index contributed by atoms with van der Waals surface area (Å²) in [6.45, 7) is 9.40. The van der Waals surface area contributed by atoms with E-state index in [1.807, 2.05) is 52.0 Å². The third-order valence-electron chi connectivity index (χ3n) is 6.83. The van der Waals surface area contributed by atoms with Crippen molar-refractivity contribution < 1.29 is 27.5 Å². The Morgan fingerprint density at radius 1 is 0.881 bits per heavy atom. The molecule has 9 nitrogen and oxygen atoms in total. The van der Waals surface area contributed by atoms with Gasteiger partial charge < -0.3 is 19.7 Å². The van der Waals surface area contributed by atoms with Gasteiger partial charge in [-0.15, -0.1) is 0 Å². The zero-order valence-corrected chi connectivity index (χ0v) is 26.2. The van der Waals surface area contributed by atoms with E-state index in [0.29, 0.717) is 12.3 Å². The molecule has 0 saturated carbocycles. The van der Waals surface area contributed by atoms with Crippen LogP contribution < -0.4 is 19.1 Å². The molecule has 3 aromatic carbocycles. The largest absolute Gasteiger partial charge is 0.497 e. The highest BCUT2D eigenvalue weighted by Gasteiger charge is 2.34. The topological polar surface area (TPSA) is 105 Å². The summed E-state index contributed by atoms with van der Waals surface area (Å²) in [6, 6.07) is 17.9. The number of aryl methyl sites for hydroxylation is 2. The number of benzene rings is 3. The molecule has 0 saturated heterocycles. The first-order valence-electron chi connectivity index (χ1n) is 13.8. The molecule has 0 heterocycles. The number of amides is 2. The summed E-state index contributed by atoms with van der Waals surface area (Å²) in [5.74, 6) is -0.0220. The molecule has 0 aliphatic rings. The van der Waals surface area contributed by atoms with Gasteiger partial charge in [0.25, 0.3) is 10.0 Å². The van der Waals surface area contributed by atoms with E-state index >= 15 is 0 Å². The van der Waals surface area contributed by atoms with Crippen LogP contribution in [0.1, 0.15) is 37.5 Å². The maximum absolute atomic E-state index is 14.2. The number of anilines is 1. The van der Waals surface area contributed by atoms with Gasteiger partial charge in [0.1, 0.15) is 24.1 Å². The van der Waals surface area contributed by atoms with Crippen LogP contribution in [0.4, 0.5) is 5.69 Å². The van der Waals surface area contributed by atoms with E-state index in [2.05, 4.69) is 5.32 Å². The molecule has 1 N–H and O–H groups in total. The van der Waals surface area contributed by atoms with Gasteiger partial charge in [-0.3, -0.25) is 13.9 Å². The number of methoxy groups -OCH3 is 2. The van der Waals surface area contributed by atoms with Crippen LogP contribution in [0.2, 0.25) is 0 Å². The van der Waals surface area contributed by atoms with Gasteiger partial charge in [0.05, 0.1) is 24.8 Å². The Morgan fingerprint density at radius 3 is 2.17 bits per heavy atom. The van der Waals surface area contributed by atoms with Crippen LogP contribution in [0, 0.1) is 19.8 Å². The van der Waals surface area contributed by atoms with Gasteiger partial charge in [-0.1, -0.05) is 61.4 Å². The van der Waals surface area contributed by atoms with Gasteiger partial charge in [-0.25, -0.2) is 8.42 Å². The quantitative estimate of drug-likeness (QED) is 0.307. The predicted molar refractivity (Wildman–Crippen MR) is 164 cm³/mol. The highest BCUT2D eigenvalue weighted by Crippen LogP contribution is 2.36. The minimum absolute atomic E-state index is 0.0127. The molecule has 0 unspecified atom stereocenters. The number of hydrogen-bond donors (Lipinski definition) is 1. The minimum Gasteiger partial charge on any atom is -0.497 e. The number of carbonyl (C=O) groups is 2. The van der Waals surface area contributed by atoms with Crippen LogP contribution >= 0.6 is 0 Å². The van der Waals surface area contributed by atoms with E-state index in [4.69, 9.17) is 9.47 Å². The van der Waals surface area contributed by atoms with Crippen molar-refractivity contribution >= 4 is 27.5 Å². The van der Waals surface area contributed by atoms with Gasteiger partial charge in [-0.05, 0) is 56.5 Å². The van der Waals surface area contributed by atoms with Gasteiger partial charge >= 0.3 is 0 Å². The fourth-order valence-electron chi connectivity index (χ4n) is 4.38. The summed E-state index contributed by atoms with van der Waals surface area (Å²) in [7, 11) is -1.36. The van der Waals surface area contributed by atoms with Crippen LogP contribution in [-0.4, -0.2) is 58.5 Å². The van der Waals surface area contributed by atoms with E-state index < -0.39 is 28.5 Å². The van der Waals surface area contributed by atoms with Crippen LogP contribution in [0.5, 0.6) is 11.5 Å². The van der Waals surface area contributed by atoms with Gasteiger partial charge in [0.15, 0.2) is 0 Å². The van der Waals surface area contributed by atoms with Crippen LogP contribution in [-0.2, 0) is 26.2 Å². The maximum Gasteiger partial charge on any atom is 0.264 e. The first-order valence-corrected chi connectivity index (χ1v) is 15.3. The fraction of sp³-hybridized carbons (Fsp3) is 0.375. The standard InChI is InChI=1S/C32H41N3O6S/c1-22(2)19-33-32(37)25(5)34(20-26-10-8-9-24(4)17-26)31(36)21-35(29-18-27(40-6)13-16-30(29)41-7)42(38,39)28-14-11-23(3)12-15-28/h8-18,22,25H,19-21H2,1-7H3,(H,33,37)/t25-/m0/s1. The molecule has 1 atom stereocenters. The van der Waals surface area contributed by atoms with Crippen molar-refractivity contribution in [3.8, 4) is 11.5 Å². The third kappa shape index (κ3) is 8.03. The first-order chi connectivity index (χ1) is 19.9. The average molecular weight is 596 g/mol. The normalized spacial score (nSPS) is 12.0. The molecular formula is C32H41N3O6S. The van der Waals surface area contributed by atoms with E-state index in [0.717, 1.165) is 21.0 Å². The summed E-state index contributed by atoms with van der Waals surface area (Å²) in [5, 5.41) is 2.89. The summed E-state index contributed by atoms with van der Waals surface area (Å²) in [4.78, 5) is 28.7. The molecule has 0 fully saturated rings. The molecule has 0 aliphatic heterocycles. The number of rotatable bonds is 13. The molecule has 0 aromatic heterocycles. The Labute approximate surface area is 249 Å². The smallest absolute Gasteiger partial charge is 0.264 e. The number of carbonyl (C=O) groups excluding carboxylic acids is 2. The summed E-state index contributed by atoms with van der Waals surface area (Å²) >= 11 is 0. The summed E-state index contributed by atoms with van der Waals surface area (Å²) in [5.41, 5.74) is 2.85.